The molecule has 5 nitrogen and oxygen atoms in total. The molecule has 5 heteroatoms. The zero-order valence-electron chi connectivity index (χ0n) is 13.8. The predicted octanol–water partition coefficient (Wildman–Crippen LogP) is 3.68. The van der Waals surface area contributed by atoms with Crippen LogP contribution in [-0.4, -0.2) is 23.6 Å². The van der Waals surface area contributed by atoms with Crippen LogP contribution in [0.5, 0.6) is 5.75 Å². The highest BCUT2D eigenvalue weighted by atomic mass is 16.5. The maximum absolute atomic E-state index is 12.5. The SMILES string of the molecule is CCC1(C)CC1C(=O)Nc1ccc(OCC(=O)O)c2ccccc12. The van der Waals surface area contributed by atoms with Crippen LogP contribution in [0.25, 0.3) is 10.8 Å². The molecule has 3 rings (SSSR count). The van der Waals surface area contributed by atoms with E-state index in [0.717, 1.165) is 29.3 Å². The van der Waals surface area contributed by atoms with Crippen molar-refractivity contribution >= 4 is 28.3 Å². The first-order valence-electron chi connectivity index (χ1n) is 8.12. The number of ether oxygens (including phenoxy) is 1. The Labute approximate surface area is 140 Å². The number of carboxylic acids is 1. The second kappa shape index (κ2) is 6.15. The number of rotatable bonds is 6. The quantitative estimate of drug-likeness (QED) is 0.848. The van der Waals surface area contributed by atoms with E-state index in [9.17, 15) is 9.59 Å². The molecule has 0 heterocycles. The van der Waals surface area contributed by atoms with Crippen molar-refractivity contribution in [1.29, 1.82) is 0 Å². The molecular formula is C19H21NO4. The van der Waals surface area contributed by atoms with E-state index in [2.05, 4.69) is 19.2 Å². The van der Waals surface area contributed by atoms with Crippen LogP contribution in [0.1, 0.15) is 26.7 Å². The predicted molar refractivity (Wildman–Crippen MR) is 92.2 cm³/mol. The van der Waals surface area contributed by atoms with Crippen LogP contribution >= 0.6 is 0 Å². The van der Waals surface area contributed by atoms with Crippen LogP contribution in [0.3, 0.4) is 0 Å². The monoisotopic (exact) mass is 327 g/mol. The summed E-state index contributed by atoms with van der Waals surface area (Å²) in [6.07, 6.45) is 1.92. The van der Waals surface area contributed by atoms with Crippen LogP contribution in [0.2, 0.25) is 0 Å². The van der Waals surface area contributed by atoms with Crippen molar-refractivity contribution in [2.24, 2.45) is 11.3 Å². The highest BCUT2D eigenvalue weighted by Crippen LogP contribution is 2.55. The first-order valence-corrected chi connectivity index (χ1v) is 8.12. The van der Waals surface area contributed by atoms with Gasteiger partial charge in [0.05, 0.1) is 0 Å². The summed E-state index contributed by atoms with van der Waals surface area (Å²) >= 11 is 0. The first-order chi connectivity index (χ1) is 11.4. The molecule has 126 valence electrons. The van der Waals surface area contributed by atoms with E-state index < -0.39 is 12.6 Å². The number of hydrogen-bond donors (Lipinski definition) is 2. The maximum Gasteiger partial charge on any atom is 0.341 e. The molecule has 0 spiro atoms. The van der Waals surface area contributed by atoms with Crippen molar-refractivity contribution in [3.63, 3.8) is 0 Å². The minimum Gasteiger partial charge on any atom is -0.481 e. The lowest BCUT2D eigenvalue weighted by atomic mass is 10.0. The van der Waals surface area contributed by atoms with Crippen LogP contribution in [-0.2, 0) is 9.59 Å². The van der Waals surface area contributed by atoms with Crippen LogP contribution in [0.15, 0.2) is 36.4 Å². The van der Waals surface area contributed by atoms with Gasteiger partial charge in [-0.05, 0) is 30.4 Å². The van der Waals surface area contributed by atoms with Gasteiger partial charge < -0.3 is 15.2 Å². The number of carbonyl (C=O) groups is 2. The van der Waals surface area contributed by atoms with Gasteiger partial charge in [-0.15, -0.1) is 0 Å². The normalized spacial score (nSPS) is 22.2. The van der Waals surface area contributed by atoms with Gasteiger partial charge >= 0.3 is 5.97 Å². The Morgan fingerprint density at radius 3 is 2.58 bits per heavy atom. The molecule has 2 atom stereocenters. The summed E-state index contributed by atoms with van der Waals surface area (Å²) in [7, 11) is 0. The minimum absolute atomic E-state index is 0.0451. The summed E-state index contributed by atoms with van der Waals surface area (Å²) in [5.74, 6) is -0.423. The van der Waals surface area contributed by atoms with Crippen LogP contribution < -0.4 is 10.1 Å². The number of aliphatic carboxylic acids is 1. The number of hydrogen-bond acceptors (Lipinski definition) is 3. The van der Waals surface area contributed by atoms with Gasteiger partial charge in [-0.25, -0.2) is 4.79 Å². The third-order valence-electron chi connectivity index (χ3n) is 4.97. The molecule has 1 amide bonds. The molecular weight excluding hydrogens is 306 g/mol. The molecule has 2 aromatic rings. The Morgan fingerprint density at radius 2 is 1.96 bits per heavy atom. The smallest absolute Gasteiger partial charge is 0.341 e. The number of amides is 1. The second-order valence-corrected chi connectivity index (χ2v) is 6.59. The van der Waals surface area contributed by atoms with Crippen molar-refractivity contribution in [1.82, 2.24) is 0 Å². The van der Waals surface area contributed by atoms with E-state index in [1.807, 2.05) is 24.3 Å². The lowest BCUT2D eigenvalue weighted by Crippen LogP contribution is -2.17. The Hall–Kier alpha value is -2.56. The van der Waals surface area contributed by atoms with Crippen molar-refractivity contribution < 1.29 is 19.4 Å². The lowest BCUT2D eigenvalue weighted by Gasteiger charge is -2.13. The number of carboxylic acid groups (broad SMARTS) is 1. The zero-order valence-corrected chi connectivity index (χ0v) is 13.8. The third kappa shape index (κ3) is 3.07. The molecule has 1 fully saturated rings. The molecule has 0 bridgehead atoms. The molecule has 2 aromatic carbocycles. The fourth-order valence-corrected chi connectivity index (χ4v) is 3.07. The van der Waals surface area contributed by atoms with Crippen molar-refractivity contribution in [3.8, 4) is 5.75 Å². The fraction of sp³-hybridized carbons (Fsp3) is 0.368. The molecule has 2 unspecified atom stereocenters. The van der Waals surface area contributed by atoms with Gasteiger partial charge in [-0.1, -0.05) is 38.1 Å². The number of fused-ring (bicyclic) bond motifs is 1. The molecule has 24 heavy (non-hydrogen) atoms. The molecule has 0 aliphatic heterocycles. The Bertz CT molecular complexity index is 801. The summed E-state index contributed by atoms with van der Waals surface area (Å²) in [4.78, 5) is 23.2. The first kappa shape index (κ1) is 16.3. The molecule has 0 saturated heterocycles. The average Bonchev–Trinajstić information content (AvgIpc) is 3.27. The van der Waals surface area contributed by atoms with Gasteiger partial charge in [-0.2, -0.15) is 0 Å². The third-order valence-corrected chi connectivity index (χ3v) is 4.97. The van der Waals surface area contributed by atoms with Gasteiger partial charge in [0.15, 0.2) is 6.61 Å². The van der Waals surface area contributed by atoms with Gasteiger partial charge in [0, 0.05) is 22.4 Å². The van der Waals surface area contributed by atoms with Gasteiger partial charge in [0.1, 0.15) is 5.75 Å². The summed E-state index contributed by atoms with van der Waals surface area (Å²) in [6.45, 7) is 3.85. The van der Waals surface area contributed by atoms with Gasteiger partial charge in [0.2, 0.25) is 5.91 Å². The molecule has 1 saturated carbocycles. The summed E-state index contributed by atoms with van der Waals surface area (Å²) in [6, 6.07) is 11.0. The minimum atomic E-state index is -1.02. The van der Waals surface area contributed by atoms with Crippen molar-refractivity contribution in [2.45, 2.75) is 26.7 Å². The fourth-order valence-electron chi connectivity index (χ4n) is 3.07. The number of anilines is 1. The molecule has 0 aromatic heterocycles. The number of carbonyl (C=O) groups excluding carboxylic acids is 1. The van der Waals surface area contributed by atoms with E-state index in [-0.39, 0.29) is 17.2 Å². The highest BCUT2D eigenvalue weighted by Gasteiger charge is 2.52. The standard InChI is InChI=1S/C19H21NO4/c1-3-19(2)10-14(19)18(23)20-15-8-9-16(24-11-17(21)22)13-7-5-4-6-12(13)15/h4-9,14H,3,10-11H2,1-2H3,(H,20,23)(H,21,22). The van der Waals surface area contributed by atoms with Crippen LogP contribution in [0, 0.1) is 11.3 Å². The van der Waals surface area contributed by atoms with Gasteiger partial charge in [0.25, 0.3) is 0 Å². The van der Waals surface area contributed by atoms with Crippen molar-refractivity contribution in [2.75, 3.05) is 11.9 Å². The average molecular weight is 327 g/mol. The van der Waals surface area contributed by atoms with E-state index in [4.69, 9.17) is 9.84 Å². The van der Waals surface area contributed by atoms with E-state index in [0.29, 0.717) is 5.75 Å². The second-order valence-electron chi connectivity index (χ2n) is 6.59. The summed E-state index contributed by atoms with van der Waals surface area (Å²) in [5.41, 5.74) is 0.841. The Balaban J connectivity index is 1.86. The van der Waals surface area contributed by atoms with E-state index in [1.165, 1.54) is 0 Å². The number of benzene rings is 2. The molecule has 0 radical (unpaired) electrons. The summed E-state index contributed by atoms with van der Waals surface area (Å²) < 4.78 is 5.34. The molecule has 2 N–H and O–H groups in total. The van der Waals surface area contributed by atoms with E-state index >= 15 is 0 Å². The van der Waals surface area contributed by atoms with Gasteiger partial charge in [-0.3, -0.25) is 4.79 Å². The van der Waals surface area contributed by atoms with Crippen LogP contribution in [0.4, 0.5) is 5.69 Å². The maximum atomic E-state index is 12.5. The van der Waals surface area contributed by atoms with E-state index in [1.54, 1.807) is 12.1 Å². The largest absolute Gasteiger partial charge is 0.481 e. The molecule has 1 aliphatic carbocycles. The topological polar surface area (TPSA) is 75.6 Å². The lowest BCUT2D eigenvalue weighted by molar-refractivity contribution is -0.139. The zero-order chi connectivity index (χ0) is 17.3. The van der Waals surface area contributed by atoms with Crippen molar-refractivity contribution in [3.05, 3.63) is 36.4 Å². The number of nitrogens with one attached hydrogen (secondary N) is 1. The summed E-state index contributed by atoms with van der Waals surface area (Å²) in [5, 5.41) is 13.4. The Kier molecular flexibility index (Phi) is 4.18. The molecule has 1 aliphatic rings. The Morgan fingerprint density at radius 1 is 1.25 bits per heavy atom. The highest BCUT2D eigenvalue weighted by molar-refractivity contribution is 6.05.